The number of hydrogen-bond acceptors (Lipinski definition) is 2. The molecule has 118 valence electrons. The highest BCUT2D eigenvalue weighted by Crippen LogP contribution is 2.48. The van der Waals surface area contributed by atoms with Crippen LogP contribution in [0.4, 0.5) is 16.2 Å². The van der Waals surface area contributed by atoms with Crippen molar-refractivity contribution in [2.75, 3.05) is 17.2 Å². The number of carbonyl (C=O) groups excluding carboxylic acids is 2. The molecule has 1 fully saturated rings. The minimum Gasteiger partial charge on any atom is -0.338 e. The lowest BCUT2D eigenvalue weighted by Gasteiger charge is -2.31. The Morgan fingerprint density at radius 2 is 2.05 bits per heavy atom. The Kier molecular flexibility index (Phi) is 4.05. The summed E-state index contributed by atoms with van der Waals surface area (Å²) in [6, 6.07) is 5.50. The fourth-order valence-corrected chi connectivity index (χ4v) is 3.56. The molecule has 0 saturated heterocycles. The average molecular weight is 301 g/mol. The third-order valence-electron chi connectivity index (χ3n) is 4.72. The fraction of sp³-hybridized carbons (Fsp3) is 0.529. The molecule has 0 unspecified atom stereocenters. The van der Waals surface area contributed by atoms with Crippen LogP contribution in [0.5, 0.6) is 0 Å². The summed E-state index contributed by atoms with van der Waals surface area (Å²) in [5.41, 5.74) is 2.30. The molecule has 3 rings (SSSR count). The van der Waals surface area contributed by atoms with Crippen molar-refractivity contribution in [1.82, 2.24) is 5.32 Å². The average Bonchev–Trinajstić information content (AvgIpc) is 2.79. The van der Waals surface area contributed by atoms with Gasteiger partial charge in [0.1, 0.15) is 0 Å². The molecule has 0 aromatic heterocycles. The lowest BCUT2D eigenvalue weighted by molar-refractivity contribution is -0.121. The Balaban J connectivity index is 1.83. The van der Waals surface area contributed by atoms with Crippen LogP contribution in [0.15, 0.2) is 18.2 Å². The Hall–Kier alpha value is -2.04. The van der Waals surface area contributed by atoms with Gasteiger partial charge in [-0.15, -0.1) is 0 Å². The summed E-state index contributed by atoms with van der Waals surface area (Å²) < 4.78 is 0. The zero-order valence-electron chi connectivity index (χ0n) is 13.0. The molecule has 1 aliphatic carbocycles. The van der Waals surface area contributed by atoms with Gasteiger partial charge in [-0.3, -0.25) is 4.79 Å². The van der Waals surface area contributed by atoms with Crippen LogP contribution in [0, 0.1) is 0 Å². The lowest BCUT2D eigenvalue weighted by atomic mass is 9.70. The Labute approximate surface area is 130 Å². The van der Waals surface area contributed by atoms with E-state index < -0.39 is 0 Å². The molecule has 0 atom stereocenters. The number of fused-ring (bicyclic) bond motifs is 2. The van der Waals surface area contributed by atoms with Crippen LogP contribution in [0.1, 0.15) is 51.0 Å². The number of hydrogen-bond donors (Lipinski definition) is 3. The van der Waals surface area contributed by atoms with E-state index in [2.05, 4.69) is 16.0 Å². The van der Waals surface area contributed by atoms with E-state index in [0.29, 0.717) is 6.54 Å². The van der Waals surface area contributed by atoms with Crippen LogP contribution in [0.2, 0.25) is 0 Å². The van der Waals surface area contributed by atoms with Gasteiger partial charge in [-0.05, 0) is 43.0 Å². The summed E-state index contributed by atoms with van der Waals surface area (Å²) in [6.07, 6.45) is 6.07. The number of carbonyl (C=O) groups is 2. The Bertz CT molecular complexity index is 592. The van der Waals surface area contributed by atoms with Gasteiger partial charge in [-0.1, -0.05) is 26.2 Å². The number of urea groups is 1. The smallest absolute Gasteiger partial charge is 0.319 e. The molecule has 2 aliphatic rings. The van der Waals surface area contributed by atoms with Gasteiger partial charge in [0.2, 0.25) is 5.91 Å². The van der Waals surface area contributed by atoms with Gasteiger partial charge in [0.25, 0.3) is 0 Å². The van der Waals surface area contributed by atoms with Crippen LogP contribution < -0.4 is 16.0 Å². The summed E-state index contributed by atoms with van der Waals surface area (Å²) >= 11 is 0. The summed E-state index contributed by atoms with van der Waals surface area (Å²) in [7, 11) is 0. The fourth-order valence-electron chi connectivity index (χ4n) is 3.56. The molecule has 5 nitrogen and oxygen atoms in total. The van der Waals surface area contributed by atoms with Crippen molar-refractivity contribution in [1.29, 1.82) is 0 Å². The minimum atomic E-state index is -0.384. The number of anilines is 2. The molecule has 22 heavy (non-hydrogen) atoms. The molecule has 1 heterocycles. The summed E-state index contributed by atoms with van der Waals surface area (Å²) in [5, 5.41) is 8.66. The molecule has 0 radical (unpaired) electrons. The molecule has 3 amide bonds. The van der Waals surface area contributed by atoms with E-state index in [1.807, 2.05) is 25.1 Å². The lowest BCUT2D eigenvalue weighted by Crippen LogP contribution is -2.36. The molecule has 1 aromatic rings. The van der Waals surface area contributed by atoms with Gasteiger partial charge in [-0.25, -0.2) is 4.79 Å². The maximum absolute atomic E-state index is 12.5. The first-order chi connectivity index (χ1) is 10.7. The predicted octanol–water partition coefficient (Wildman–Crippen LogP) is 3.37. The normalized spacial score (nSPS) is 18.7. The number of rotatable bonds is 3. The second-order valence-electron chi connectivity index (χ2n) is 6.24. The molecule has 0 bridgehead atoms. The van der Waals surface area contributed by atoms with Gasteiger partial charge >= 0.3 is 6.03 Å². The van der Waals surface area contributed by atoms with E-state index in [4.69, 9.17) is 0 Å². The standard InChI is InChI=1S/C17H23N3O2/c1-2-10-18-16(22)19-12-6-7-14-13(11-12)17(15(21)20-14)8-4-3-5-9-17/h6-7,11H,2-5,8-10H2,1H3,(H,20,21)(H2,18,19,22). The van der Waals surface area contributed by atoms with Gasteiger partial charge in [0, 0.05) is 17.9 Å². The molecule has 5 heteroatoms. The van der Waals surface area contributed by atoms with Gasteiger partial charge < -0.3 is 16.0 Å². The van der Waals surface area contributed by atoms with Crippen molar-refractivity contribution >= 4 is 23.3 Å². The van der Waals surface area contributed by atoms with Crippen LogP contribution in [-0.4, -0.2) is 18.5 Å². The van der Waals surface area contributed by atoms with Gasteiger partial charge in [0.15, 0.2) is 0 Å². The number of amides is 3. The number of benzene rings is 1. The van der Waals surface area contributed by atoms with Crippen LogP contribution in [0.25, 0.3) is 0 Å². The van der Waals surface area contributed by atoms with E-state index in [0.717, 1.165) is 49.0 Å². The highest BCUT2D eigenvalue weighted by molar-refractivity contribution is 6.07. The first kappa shape index (κ1) is 14.9. The van der Waals surface area contributed by atoms with E-state index in [1.54, 1.807) is 0 Å². The molecule has 1 saturated carbocycles. The van der Waals surface area contributed by atoms with Crippen molar-refractivity contribution in [3.05, 3.63) is 23.8 Å². The Morgan fingerprint density at radius 1 is 1.27 bits per heavy atom. The monoisotopic (exact) mass is 301 g/mol. The summed E-state index contributed by atoms with van der Waals surface area (Å²) in [5.74, 6) is 0.120. The van der Waals surface area contributed by atoms with E-state index in [1.165, 1.54) is 6.42 Å². The molecular weight excluding hydrogens is 278 g/mol. The van der Waals surface area contributed by atoms with Gasteiger partial charge in [0.05, 0.1) is 5.41 Å². The molecule has 1 aromatic carbocycles. The maximum atomic E-state index is 12.5. The van der Waals surface area contributed by atoms with Crippen molar-refractivity contribution in [3.8, 4) is 0 Å². The minimum absolute atomic E-state index is 0.120. The molecular formula is C17H23N3O2. The SMILES string of the molecule is CCCNC(=O)Nc1ccc2c(c1)C1(CCCCC1)C(=O)N2. The molecule has 1 aliphatic heterocycles. The van der Waals surface area contributed by atoms with Crippen molar-refractivity contribution in [2.24, 2.45) is 0 Å². The first-order valence-corrected chi connectivity index (χ1v) is 8.16. The second-order valence-corrected chi connectivity index (χ2v) is 6.24. The highest BCUT2D eigenvalue weighted by Gasteiger charge is 2.47. The van der Waals surface area contributed by atoms with E-state index in [-0.39, 0.29) is 17.4 Å². The zero-order valence-corrected chi connectivity index (χ0v) is 13.0. The van der Waals surface area contributed by atoms with Gasteiger partial charge in [-0.2, -0.15) is 0 Å². The Morgan fingerprint density at radius 3 is 2.77 bits per heavy atom. The zero-order chi connectivity index (χ0) is 15.6. The highest BCUT2D eigenvalue weighted by atomic mass is 16.2. The van der Waals surface area contributed by atoms with E-state index >= 15 is 0 Å². The van der Waals surface area contributed by atoms with Crippen molar-refractivity contribution in [3.63, 3.8) is 0 Å². The second kappa shape index (κ2) is 5.99. The topological polar surface area (TPSA) is 70.2 Å². The van der Waals surface area contributed by atoms with Crippen LogP contribution in [0.3, 0.4) is 0 Å². The third-order valence-corrected chi connectivity index (χ3v) is 4.72. The van der Waals surface area contributed by atoms with Crippen molar-refractivity contribution < 1.29 is 9.59 Å². The molecule has 3 N–H and O–H groups in total. The first-order valence-electron chi connectivity index (χ1n) is 8.16. The summed E-state index contributed by atoms with van der Waals surface area (Å²) in [4.78, 5) is 24.3. The third kappa shape index (κ3) is 2.56. The summed E-state index contributed by atoms with van der Waals surface area (Å²) in [6.45, 7) is 2.67. The largest absolute Gasteiger partial charge is 0.338 e. The van der Waals surface area contributed by atoms with Crippen molar-refractivity contribution in [2.45, 2.75) is 50.9 Å². The predicted molar refractivity (Wildman–Crippen MR) is 87.1 cm³/mol. The molecule has 1 spiro atoms. The number of nitrogens with one attached hydrogen (secondary N) is 3. The van der Waals surface area contributed by atoms with Crippen LogP contribution >= 0.6 is 0 Å². The quantitative estimate of drug-likeness (QED) is 0.801. The van der Waals surface area contributed by atoms with E-state index in [9.17, 15) is 9.59 Å². The van der Waals surface area contributed by atoms with Crippen LogP contribution in [-0.2, 0) is 10.2 Å². The maximum Gasteiger partial charge on any atom is 0.319 e.